The average molecular weight is 371 g/mol. The number of amides is 2. The molecule has 0 N–H and O–H groups in total. The number of carboxylic acids is 1. The third kappa shape index (κ3) is 3.29. The van der Waals surface area contributed by atoms with Crippen LogP contribution in [0.2, 0.25) is 0 Å². The molecule has 132 valence electrons. The maximum absolute atomic E-state index is 12.6. The van der Waals surface area contributed by atoms with Gasteiger partial charge in [-0.3, -0.25) is 19.7 Å². The van der Waals surface area contributed by atoms with Crippen LogP contribution in [0.25, 0.3) is 0 Å². The minimum Gasteiger partial charge on any atom is -0.545 e. The van der Waals surface area contributed by atoms with E-state index in [0.717, 1.165) is 16.7 Å². The Hall–Kier alpha value is -3.20. The minimum atomic E-state index is -1.36. The zero-order valence-electron chi connectivity index (χ0n) is 13.2. The number of nitrogens with zero attached hydrogens (tertiary/aromatic N) is 2. The van der Waals surface area contributed by atoms with Gasteiger partial charge in [-0.05, 0) is 18.2 Å². The molecule has 1 atom stereocenters. The number of rotatable bonds is 5. The van der Waals surface area contributed by atoms with Crippen molar-refractivity contribution in [3.05, 3.63) is 64.2 Å². The molecule has 1 saturated heterocycles. The first-order valence-corrected chi connectivity index (χ1v) is 8.34. The minimum absolute atomic E-state index is 0.0495. The van der Waals surface area contributed by atoms with Crippen LogP contribution in [0.1, 0.15) is 16.8 Å². The molecule has 1 heterocycles. The van der Waals surface area contributed by atoms with Crippen molar-refractivity contribution in [1.82, 2.24) is 0 Å². The maximum atomic E-state index is 12.6. The van der Waals surface area contributed by atoms with Gasteiger partial charge in [-0.15, -0.1) is 11.8 Å². The fraction of sp³-hybridized carbons (Fsp3) is 0.118. The number of imide groups is 1. The molecule has 1 fully saturated rings. The van der Waals surface area contributed by atoms with E-state index in [0.29, 0.717) is 4.90 Å². The van der Waals surface area contributed by atoms with E-state index in [9.17, 15) is 29.6 Å². The van der Waals surface area contributed by atoms with Gasteiger partial charge in [0.2, 0.25) is 11.8 Å². The number of nitro groups is 1. The molecule has 8 nitrogen and oxygen atoms in total. The lowest BCUT2D eigenvalue weighted by atomic mass is 10.2. The van der Waals surface area contributed by atoms with Crippen LogP contribution in [0.3, 0.4) is 0 Å². The maximum Gasteiger partial charge on any atom is 0.269 e. The number of nitro benzene ring substituents is 1. The summed E-state index contributed by atoms with van der Waals surface area (Å²) in [7, 11) is 0. The van der Waals surface area contributed by atoms with Gasteiger partial charge in [-0.25, -0.2) is 4.90 Å². The van der Waals surface area contributed by atoms with Crippen LogP contribution in [0.5, 0.6) is 0 Å². The van der Waals surface area contributed by atoms with Gasteiger partial charge in [0, 0.05) is 29.0 Å². The van der Waals surface area contributed by atoms with Gasteiger partial charge in [0.1, 0.15) is 0 Å². The number of benzene rings is 2. The summed E-state index contributed by atoms with van der Waals surface area (Å²) in [5.41, 5.74) is 0.0371. The largest absolute Gasteiger partial charge is 0.545 e. The third-order valence-electron chi connectivity index (χ3n) is 3.80. The van der Waals surface area contributed by atoms with Crippen LogP contribution >= 0.6 is 11.8 Å². The number of hydrogen-bond donors (Lipinski definition) is 0. The van der Waals surface area contributed by atoms with Crippen molar-refractivity contribution < 1.29 is 24.4 Å². The summed E-state index contributed by atoms with van der Waals surface area (Å²) >= 11 is 0.983. The Kier molecular flexibility index (Phi) is 4.72. The Labute approximate surface area is 151 Å². The van der Waals surface area contributed by atoms with Crippen molar-refractivity contribution in [2.24, 2.45) is 0 Å². The fourth-order valence-corrected chi connectivity index (χ4v) is 3.76. The molecular weight excluding hydrogens is 360 g/mol. The Balaban J connectivity index is 1.83. The number of aromatic carboxylic acids is 1. The lowest BCUT2D eigenvalue weighted by molar-refractivity contribution is -0.384. The quantitative estimate of drug-likeness (QED) is 0.442. The van der Waals surface area contributed by atoms with Crippen LogP contribution < -0.4 is 10.0 Å². The fourth-order valence-electron chi connectivity index (χ4n) is 2.58. The number of carbonyl (C=O) groups excluding carboxylic acids is 3. The Morgan fingerprint density at radius 3 is 2.38 bits per heavy atom. The van der Waals surface area contributed by atoms with Crippen molar-refractivity contribution in [3.8, 4) is 0 Å². The predicted molar refractivity (Wildman–Crippen MR) is 90.6 cm³/mol. The molecule has 2 aromatic rings. The van der Waals surface area contributed by atoms with Gasteiger partial charge in [0.05, 0.1) is 21.8 Å². The normalized spacial score (nSPS) is 16.8. The van der Waals surface area contributed by atoms with Gasteiger partial charge >= 0.3 is 0 Å². The first-order chi connectivity index (χ1) is 12.4. The Bertz CT molecular complexity index is 912. The molecule has 0 saturated carbocycles. The van der Waals surface area contributed by atoms with Gasteiger partial charge < -0.3 is 9.90 Å². The van der Waals surface area contributed by atoms with E-state index in [1.165, 1.54) is 30.3 Å². The highest BCUT2D eigenvalue weighted by atomic mass is 32.2. The molecule has 0 bridgehead atoms. The second-order valence-electron chi connectivity index (χ2n) is 5.44. The molecule has 0 aromatic heterocycles. The molecule has 0 radical (unpaired) electrons. The Morgan fingerprint density at radius 1 is 1.12 bits per heavy atom. The SMILES string of the molecule is O=C([O-])c1ccccc1S[C@@H]1CC(=O)N(c2ccc([N+](=O)[O-])cc2)C1=O. The molecule has 0 unspecified atom stereocenters. The van der Waals surface area contributed by atoms with Crippen molar-refractivity contribution in [3.63, 3.8) is 0 Å². The highest BCUT2D eigenvalue weighted by Crippen LogP contribution is 2.35. The summed E-state index contributed by atoms with van der Waals surface area (Å²) in [5, 5.41) is 21.1. The zero-order chi connectivity index (χ0) is 18.8. The first-order valence-electron chi connectivity index (χ1n) is 7.47. The lowest BCUT2D eigenvalue weighted by Crippen LogP contribution is -2.31. The smallest absolute Gasteiger partial charge is 0.269 e. The summed E-state index contributed by atoms with van der Waals surface area (Å²) in [5.74, 6) is -2.31. The van der Waals surface area contributed by atoms with E-state index < -0.39 is 28.0 Å². The van der Waals surface area contributed by atoms with E-state index in [2.05, 4.69) is 0 Å². The van der Waals surface area contributed by atoms with Crippen molar-refractivity contribution in [2.75, 3.05) is 4.90 Å². The molecule has 1 aliphatic heterocycles. The van der Waals surface area contributed by atoms with Crippen LogP contribution in [-0.4, -0.2) is 28.0 Å². The first kappa shape index (κ1) is 17.6. The molecule has 26 heavy (non-hydrogen) atoms. The summed E-state index contributed by atoms with van der Waals surface area (Å²) in [6.07, 6.45) is -0.0954. The highest BCUT2D eigenvalue weighted by molar-refractivity contribution is 8.00. The van der Waals surface area contributed by atoms with E-state index in [4.69, 9.17) is 0 Å². The zero-order valence-corrected chi connectivity index (χ0v) is 14.0. The summed E-state index contributed by atoms with van der Waals surface area (Å²) < 4.78 is 0. The number of non-ortho nitro benzene ring substituents is 1. The number of carboxylic acid groups (broad SMARTS) is 1. The van der Waals surface area contributed by atoms with Crippen LogP contribution in [0.4, 0.5) is 11.4 Å². The average Bonchev–Trinajstić information content (AvgIpc) is 2.89. The Morgan fingerprint density at radius 2 is 1.77 bits per heavy atom. The molecular formula is C17H11N2O6S-. The second-order valence-corrected chi connectivity index (χ2v) is 6.68. The molecule has 3 rings (SSSR count). The van der Waals surface area contributed by atoms with Gasteiger partial charge in [0.15, 0.2) is 0 Å². The second kappa shape index (κ2) is 6.96. The monoisotopic (exact) mass is 371 g/mol. The van der Waals surface area contributed by atoms with E-state index in [1.807, 2.05) is 0 Å². The van der Waals surface area contributed by atoms with Crippen molar-refractivity contribution >= 4 is 40.9 Å². The van der Waals surface area contributed by atoms with Crippen LogP contribution in [0.15, 0.2) is 53.4 Å². The number of hydrogen-bond acceptors (Lipinski definition) is 7. The van der Waals surface area contributed by atoms with Crippen LogP contribution in [-0.2, 0) is 9.59 Å². The standard InChI is InChI=1S/C17H12N2O6S/c20-15-9-14(26-13-4-2-1-3-12(13)17(22)23)16(21)18(15)10-5-7-11(8-6-10)19(24)25/h1-8,14H,9H2,(H,22,23)/p-1/t14-/m1/s1. The highest BCUT2D eigenvalue weighted by Gasteiger charge is 2.40. The van der Waals surface area contributed by atoms with Crippen molar-refractivity contribution in [2.45, 2.75) is 16.6 Å². The molecule has 0 aliphatic carbocycles. The van der Waals surface area contributed by atoms with Gasteiger partial charge in [-0.2, -0.15) is 0 Å². The van der Waals surface area contributed by atoms with Gasteiger partial charge in [0.25, 0.3) is 5.69 Å². The number of carbonyl (C=O) groups is 3. The molecule has 9 heteroatoms. The van der Waals surface area contributed by atoms with Crippen molar-refractivity contribution in [1.29, 1.82) is 0 Å². The third-order valence-corrected chi connectivity index (χ3v) is 5.06. The molecule has 2 aromatic carbocycles. The topological polar surface area (TPSA) is 121 Å². The van der Waals surface area contributed by atoms with E-state index in [1.54, 1.807) is 18.2 Å². The summed E-state index contributed by atoms with van der Waals surface area (Å²) in [4.78, 5) is 47.5. The van der Waals surface area contributed by atoms with Gasteiger partial charge in [-0.1, -0.05) is 18.2 Å². The van der Waals surface area contributed by atoms with E-state index in [-0.39, 0.29) is 23.4 Å². The summed E-state index contributed by atoms with van der Waals surface area (Å²) in [6, 6.07) is 11.2. The number of anilines is 1. The lowest BCUT2D eigenvalue weighted by Gasteiger charge is -2.15. The molecule has 2 amide bonds. The molecule has 1 aliphatic rings. The number of thioether (sulfide) groups is 1. The van der Waals surface area contributed by atoms with Crippen LogP contribution in [0, 0.1) is 10.1 Å². The predicted octanol–water partition coefficient (Wildman–Crippen LogP) is 1.38. The van der Waals surface area contributed by atoms with E-state index >= 15 is 0 Å². The summed E-state index contributed by atoms with van der Waals surface area (Å²) in [6.45, 7) is 0. The molecule has 0 spiro atoms.